The van der Waals surface area contributed by atoms with Gasteiger partial charge in [-0.05, 0) is 48.9 Å². The monoisotopic (exact) mass is 439 g/mol. The molecule has 1 unspecified atom stereocenters. The summed E-state index contributed by atoms with van der Waals surface area (Å²) >= 11 is 0. The van der Waals surface area contributed by atoms with Crippen LogP contribution in [0.5, 0.6) is 11.5 Å². The van der Waals surface area contributed by atoms with Crippen molar-refractivity contribution in [2.45, 2.75) is 13.0 Å². The molecular formula is C25H21N5O3. The Balaban J connectivity index is 1.62. The summed E-state index contributed by atoms with van der Waals surface area (Å²) in [6.07, 6.45) is 0. The van der Waals surface area contributed by atoms with Gasteiger partial charge in [-0.2, -0.15) is 4.98 Å². The molecule has 0 bridgehead atoms. The normalized spacial score (nSPS) is 15.0. The standard InChI is InChI=1S/C25H21N5O3/c1-15-21(24(33)27-18-9-3-2-4-10-18)22(16-7-5-11-19(31)13-16)30-25(26-15)28-23(29-30)17-8-6-12-20(32)14-17/h2-14,22,31-32H,1H3,(H,27,33)(H,26,28,29). The van der Waals surface area contributed by atoms with Crippen LogP contribution in [0.3, 0.4) is 0 Å². The molecule has 4 N–H and O–H groups in total. The van der Waals surface area contributed by atoms with Gasteiger partial charge in [0.1, 0.15) is 17.5 Å². The molecule has 0 fully saturated rings. The highest BCUT2D eigenvalue weighted by molar-refractivity contribution is 6.06. The zero-order valence-corrected chi connectivity index (χ0v) is 17.7. The molecule has 0 saturated heterocycles. The predicted molar refractivity (Wildman–Crippen MR) is 125 cm³/mol. The zero-order valence-electron chi connectivity index (χ0n) is 17.7. The van der Waals surface area contributed by atoms with Crippen molar-refractivity contribution in [3.63, 3.8) is 0 Å². The fourth-order valence-corrected chi connectivity index (χ4v) is 3.94. The van der Waals surface area contributed by atoms with E-state index < -0.39 is 6.04 Å². The number of nitrogens with one attached hydrogen (secondary N) is 2. The number of allylic oxidation sites excluding steroid dienone is 1. The Morgan fingerprint density at radius 2 is 1.70 bits per heavy atom. The lowest BCUT2D eigenvalue weighted by Gasteiger charge is -2.28. The minimum atomic E-state index is -0.629. The summed E-state index contributed by atoms with van der Waals surface area (Å²) in [4.78, 5) is 18.0. The van der Waals surface area contributed by atoms with Crippen molar-refractivity contribution in [3.05, 3.63) is 95.7 Å². The van der Waals surface area contributed by atoms with Crippen LogP contribution in [-0.2, 0) is 4.79 Å². The first-order valence-corrected chi connectivity index (χ1v) is 10.4. The second kappa shape index (κ2) is 8.16. The van der Waals surface area contributed by atoms with E-state index in [9.17, 15) is 15.0 Å². The van der Waals surface area contributed by atoms with Gasteiger partial charge in [-0.25, -0.2) is 4.68 Å². The number of aromatic nitrogens is 3. The quantitative estimate of drug-likeness (QED) is 0.378. The minimum Gasteiger partial charge on any atom is -0.508 e. The van der Waals surface area contributed by atoms with Crippen LogP contribution in [0, 0.1) is 0 Å². The number of aromatic hydroxyl groups is 2. The number of carbonyl (C=O) groups excluding carboxylic acids is 1. The van der Waals surface area contributed by atoms with E-state index in [1.807, 2.05) is 43.3 Å². The van der Waals surface area contributed by atoms with Crippen molar-refractivity contribution in [3.8, 4) is 22.9 Å². The first-order valence-electron chi connectivity index (χ1n) is 10.4. The maximum absolute atomic E-state index is 13.4. The summed E-state index contributed by atoms with van der Waals surface area (Å²) < 4.78 is 1.63. The number of hydrogen-bond donors (Lipinski definition) is 4. The van der Waals surface area contributed by atoms with Crippen LogP contribution in [-0.4, -0.2) is 30.9 Å². The van der Waals surface area contributed by atoms with Crippen molar-refractivity contribution in [2.24, 2.45) is 0 Å². The molecule has 1 aromatic heterocycles. The van der Waals surface area contributed by atoms with E-state index in [0.717, 1.165) is 0 Å². The Labute approximate surface area is 189 Å². The number of amides is 1. The SMILES string of the molecule is CC1=C(C(=O)Nc2ccccc2)C(c2cccc(O)c2)n2nc(-c3cccc(O)c3)nc2N1. The molecule has 1 amide bonds. The highest BCUT2D eigenvalue weighted by Gasteiger charge is 2.34. The van der Waals surface area contributed by atoms with E-state index in [0.29, 0.717) is 39.9 Å². The van der Waals surface area contributed by atoms with E-state index in [-0.39, 0.29) is 17.4 Å². The van der Waals surface area contributed by atoms with Gasteiger partial charge in [0.15, 0.2) is 5.82 Å². The summed E-state index contributed by atoms with van der Waals surface area (Å²) in [5, 5.41) is 30.8. The summed E-state index contributed by atoms with van der Waals surface area (Å²) in [7, 11) is 0. The van der Waals surface area contributed by atoms with E-state index in [1.54, 1.807) is 47.1 Å². The van der Waals surface area contributed by atoms with Gasteiger partial charge in [0, 0.05) is 16.9 Å². The molecule has 0 radical (unpaired) electrons. The Morgan fingerprint density at radius 3 is 2.42 bits per heavy atom. The second-order valence-corrected chi connectivity index (χ2v) is 7.74. The van der Waals surface area contributed by atoms with Gasteiger partial charge in [0.25, 0.3) is 5.91 Å². The average Bonchev–Trinajstić information content (AvgIpc) is 3.22. The van der Waals surface area contributed by atoms with E-state index >= 15 is 0 Å². The topological polar surface area (TPSA) is 112 Å². The number of para-hydroxylation sites is 1. The number of carbonyl (C=O) groups is 1. The Kier molecular flexibility index (Phi) is 5.02. The molecular weight excluding hydrogens is 418 g/mol. The highest BCUT2D eigenvalue weighted by atomic mass is 16.3. The number of fused-ring (bicyclic) bond motifs is 1. The molecule has 0 saturated carbocycles. The summed E-state index contributed by atoms with van der Waals surface area (Å²) in [6, 6.07) is 22.0. The van der Waals surface area contributed by atoms with Crippen molar-refractivity contribution in [1.29, 1.82) is 0 Å². The van der Waals surface area contributed by atoms with E-state index in [2.05, 4.69) is 20.7 Å². The number of phenolic OH excluding ortho intramolecular Hbond substituents is 2. The summed E-state index contributed by atoms with van der Waals surface area (Å²) in [6.45, 7) is 1.81. The Morgan fingerprint density at radius 1 is 0.970 bits per heavy atom. The fraction of sp³-hybridized carbons (Fsp3) is 0.0800. The van der Waals surface area contributed by atoms with Crippen LogP contribution in [0.2, 0.25) is 0 Å². The lowest BCUT2D eigenvalue weighted by Crippen LogP contribution is -2.31. The largest absolute Gasteiger partial charge is 0.508 e. The molecule has 5 rings (SSSR count). The number of benzene rings is 3. The van der Waals surface area contributed by atoms with Crippen LogP contribution in [0.4, 0.5) is 11.6 Å². The van der Waals surface area contributed by atoms with Crippen LogP contribution >= 0.6 is 0 Å². The Bertz CT molecular complexity index is 1380. The molecule has 1 aliphatic heterocycles. The molecule has 164 valence electrons. The van der Waals surface area contributed by atoms with Gasteiger partial charge < -0.3 is 20.8 Å². The third-order valence-corrected chi connectivity index (χ3v) is 5.42. The number of phenols is 2. The van der Waals surface area contributed by atoms with Gasteiger partial charge in [-0.1, -0.05) is 42.5 Å². The maximum Gasteiger partial charge on any atom is 0.255 e. The number of anilines is 2. The molecule has 3 aromatic carbocycles. The second-order valence-electron chi connectivity index (χ2n) is 7.74. The Hall–Kier alpha value is -4.59. The van der Waals surface area contributed by atoms with Crippen LogP contribution in [0.15, 0.2) is 90.1 Å². The smallest absolute Gasteiger partial charge is 0.255 e. The molecule has 0 aliphatic carbocycles. The lowest BCUT2D eigenvalue weighted by molar-refractivity contribution is -0.113. The van der Waals surface area contributed by atoms with Crippen LogP contribution in [0.25, 0.3) is 11.4 Å². The summed E-state index contributed by atoms with van der Waals surface area (Å²) in [5.41, 5.74) is 3.06. The number of nitrogens with zero attached hydrogens (tertiary/aromatic N) is 3. The molecule has 33 heavy (non-hydrogen) atoms. The number of rotatable bonds is 4. The summed E-state index contributed by atoms with van der Waals surface area (Å²) in [5.74, 6) is 0.752. The first-order chi connectivity index (χ1) is 16.0. The van der Waals surface area contributed by atoms with Gasteiger partial charge in [-0.15, -0.1) is 5.10 Å². The van der Waals surface area contributed by atoms with Crippen LogP contribution in [0.1, 0.15) is 18.5 Å². The van der Waals surface area contributed by atoms with Crippen molar-refractivity contribution >= 4 is 17.5 Å². The van der Waals surface area contributed by atoms with E-state index in [1.165, 1.54) is 0 Å². The van der Waals surface area contributed by atoms with Gasteiger partial charge in [-0.3, -0.25) is 4.79 Å². The van der Waals surface area contributed by atoms with Crippen LogP contribution < -0.4 is 10.6 Å². The first kappa shape index (κ1) is 20.3. The van der Waals surface area contributed by atoms with Crippen molar-refractivity contribution in [1.82, 2.24) is 14.8 Å². The molecule has 8 nitrogen and oxygen atoms in total. The minimum absolute atomic E-state index is 0.0846. The third-order valence-electron chi connectivity index (χ3n) is 5.42. The van der Waals surface area contributed by atoms with Gasteiger partial charge >= 0.3 is 0 Å². The molecule has 4 aromatic rings. The van der Waals surface area contributed by atoms with E-state index in [4.69, 9.17) is 0 Å². The highest BCUT2D eigenvalue weighted by Crippen LogP contribution is 2.37. The average molecular weight is 439 g/mol. The molecule has 0 spiro atoms. The predicted octanol–water partition coefficient (Wildman–Crippen LogP) is 4.28. The third kappa shape index (κ3) is 3.89. The van der Waals surface area contributed by atoms with Crippen molar-refractivity contribution in [2.75, 3.05) is 10.6 Å². The van der Waals surface area contributed by atoms with Gasteiger partial charge in [0.05, 0.1) is 5.57 Å². The molecule has 8 heteroatoms. The van der Waals surface area contributed by atoms with Crippen molar-refractivity contribution < 1.29 is 15.0 Å². The zero-order chi connectivity index (χ0) is 22.9. The fourth-order valence-electron chi connectivity index (χ4n) is 3.94. The molecule has 2 heterocycles. The molecule has 1 atom stereocenters. The lowest BCUT2D eigenvalue weighted by atomic mass is 9.95. The van der Waals surface area contributed by atoms with Gasteiger partial charge in [0.2, 0.25) is 5.95 Å². The number of hydrogen-bond acceptors (Lipinski definition) is 6. The molecule has 1 aliphatic rings. The maximum atomic E-state index is 13.4.